The molecule has 0 aromatic carbocycles. The topological polar surface area (TPSA) is 29.5 Å². The second-order valence-electron chi connectivity index (χ2n) is 5.65. The third-order valence-electron chi connectivity index (χ3n) is 4.46. The van der Waals surface area contributed by atoms with Gasteiger partial charge < -0.3 is 9.84 Å². The summed E-state index contributed by atoms with van der Waals surface area (Å²) in [5.74, 6) is 0. The van der Waals surface area contributed by atoms with Crippen molar-refractivity contribution in [2.75, 3.05) is 0 Å². The van der Waals surface area contributed by atoms with E-state index in [1.54, 1.807) is 0 Å². The summed E-state index contributed by atoms with van der Waals surface area (Å²) in [6, 6.07) is 0. The fourth-order valence-electron chi connectivity index (χ4n) is 3.16. The summed E-state index contributed by atoms with van der Waals surface area (Å²) < 4.78 is 6.16. The molecule has 86 valence electrons. The van der Waals surface area contributed by atoms with Crippen molar-refractivity contribution in [3.63, 3.8) is 0 Å². The number of aliphatic hydroxyl groups is 1. The second-order valence-corrected chi connectivity index (χ2v) is 5.65. The van der Waals surface area contributed by atoms with Crippen molar-refractivity contribution in [2.24, 2.45) is 5.41 Å². The van der Waals surface area contributed by atoms with Gasteiger partial charge in [-0.15, -0.1) is 0 Å². The predicted molar refractivity (Wildman–Crippen MR) is 60.7 cm³/mol. The fourth-order valence-corrected chi connectivity index (χ4v) is 3.16. The minimum Gasteiger partial charge on any atom is -0.392 e. The molecule has 2 nitrogen and oxygen atoms in total. The van der Waals surface area contributed by atoms with E-state index in [-0.39, 0.29) is 17.1 Å². The molecule has 0 aromatic heterocycles. The van der Waals surface area contributed by atoms with Crippen LogP contribution in [0.4, 0.5) is 0 Å². The molecule has 0 saturated carbocycles. The number of rotatable bonds is 0. The van der Waals surface area contributed by atoms with Gasteiger partial charge in [0, 0.05) is 5.41 Å². The molecule has 1 aliphatic carbocycles. The van der Waals surface area contributed by atoms with Gasteiger partial charge >= 0.3 is 0 Å². The minimum absolute atomic E-state index is 0.170. The standard InChI is InChI=1S/C13H22O2/c1-9-5-6-11(14)12(3,4)13(9)8-7-10(2)15-13/h5,10-11,14H,6-8H2,1-4H3/t10-,11+,13-/m1/s1. The Balaban J connectivity index is 2.42. The highest BCUT2D eigenvalue weighted by atomic mass is 16.5. The Kier molecular flexibility index (Phi) is 2.47. The van der Waals surface area contributed by atoms with Crippen molar-refractivity contribution in [1.29, 1.82) is 0 Å². The first-order valence-electron chi connectivity index (χ1n) is 5.93. The molecule has 2 heteroatoms. The monoisotopic (exact) mass is 210 g/mol. The number of ether oxygens (including phenoxy) is 1. The average Bonchev–Trinajstić information content (AvgIpc) is 2.55. The van der Waals surface area contributed by atoms with Crippen molar-refractivity contribution in [3.8, 4) is 0 Å². The summed E-state index contributed by atoms with van der Waals surface area (Å²) in [7, 11) is 0. The summed E-state index contributed by atoms with van der Waals surface area (Å²) in [5.41, 5.74) is 0.919. The summed E-state index contributed by atoms with van der Waals surface area (Å²) >= 11 is 0. The zero-order valence-corrected chi connectivity index (χ0v) is 10.2. The van der Waals surface area contributed by atoms with Gasteiger partial charge in [-0.25, -0.2) is 0 Å². The van der Waals surface area contributed by atoms with Gasteiger partial charge in [-0.1, -0.05) is 19.9 Å². The zero-order valence-electron chi connectivity index (χ0n) is 10.2. The molecular formula is C13H22O2. The van der Waals surface area contributed by atoms with Crippen LogP contribution in [0.15, 0.2) is 11.6 Å². The lowest BCUT2D eigenvalue weighted by Gasteiger charge is -2.50. The van der Waals surface area contributed by atoms with Crippen molar-refractivity contribution in [3.05, 3.63) is 11.6 Å². The smallest absolute Gasteiger partial charge is 0.0968 e. The lowest BCUT2D eigenvalue weighted by atomic mass is 9.62. The summed E-state index contributed by atoms with van der Waals surface area (Å²) in [4.78, 5) is 0. The fraction of sp³-hybridized carbons (Fsp3) is 0.846. The van der Waals surface area contributed by atoms with Crippen LogP contribution < -0.4 is 0 Å². The van der Waals surface area contributed by atoms with Gasteiger partial charge in [0.25, 0.3) is 0 Å². The molecule has 3 atom stereocenters. The first kappa shape index (κ1) is 11.2. The van der Waals surface area contributed by atoms with E-state index in [2.05, 4.69) is 33.8 Å². The largest absolute Gasteiger partial charge is 0.392 e. The Labute approximate surface area is 92.3 Å². The van der Waals surface area contributed by atoms with Crippen LogP contribution in [-0.4, -0.2) is 22.9 Å². The molecule has 2 rings (SSSR count). The summed E-state index contributed by atoms with van der Waals surface area (Å²) in [5, 5.41) is 10.1. The third-order valence-corrected chi connectivity index (χ3v) is 4.46. The Morgan fingerprint density at radius 3 is 2.67 bits per heavy atom. The van der Waals surface area contributed by atoms with E-state index in [1.807, 2.05) is 0 Å². The van der Waals surface area contributed by atoms with E-state index in [0.717, 1.165) is 19.3 Å². The van der Waals surface area contributed by atoms with Crippen molar-refractivity contribution >= 4 is 0 Å². The Hall–Kier alpha value is -0.340. The average molecular weight is 210 g/mol. The number of hydrogen-bond donors (Lipinski definition) is 1. The van der Waals surface area contributed by atoms with Crippen LogP contribution in [0.5, 0.6) is 0 Å². The molecule has 0 amide bonds. The maximum Gasteiger partial charge on any atom is 0.0968 e. The molecule has 0 aromatic rings. The summed E-state index contributed by atoms with van der Waals surface area (Å²) in [6.45, 7) is 8.53. The Morgan fingerprint density at radius 1 is 1.47 bits per heavy atom. The first-order chi connectivity index (χ1) is 6.90. The molecule has 1 aliphatic heterocycles. The number of aliphatic hydroxyl groups excluding tert-OH is 1. The van der Waals surface area contributed by atoms with Crippen LogP contribution >= 0.6 is 0 Å². The van der Waals surface area contributed by atoms with Crippen LogP contribution in [0.25, 0.3) is 0 Å². The van der Waals surface area contributed by atoms with Crippen molar-refractivity contribution in [1.82, 2.24) is 0 Å². The van der Waals surface area contributed by atoms with E-state index in [1.165, 1.54) is 5.57 Å². The molecule has 0 bridgehead atoms. The molecule has 1 spiro atoms. The molecule has 1 fully saturated rings. The molecule has 1 heterocycles. The Morgan fingerprint density at radius 2 is 2.13 bits per heavy atom. The van der Waals surface area contributed by atoms with Gasteiger partial charge in [0.05, 0.1) is 17.8 Å². The van der Waals surface area contributed by atoms with Crippen LogP contribution in [-0.2, 0) is 4.74 Å². The Bertz CT molecular complexity index is 293. The highest BCUT2D eigenvalue weighted by Crippen LogP contribution is 2.53. The molecule has 0 unspecified atom stereocenters. The van der Waals surface area contributed by atoms with Gasteiger partial charge in [0.15, 0.2) is 0 Å². The zero-order chi connectivity index (χ0) is 11.3. The molecule has 1 saturated heterocycles. The highest BCUT2D eigenvalue weighted by Gasteiger charge is 2.55. The summed E-state index contributed by atoms with van der Waals surface area (Å²) in [6.07, 6.45) is 5.08. The quantitative estimate of drug-likeness (QED) is 0.623. The van der Waals surface area contributed by atoms with Crippen LogP contribution in [0.2, 0.25) is 0 Å². The van der Waals surface area contributed by atoms with E-state index in [0.29, 0.717) is 6.10 Å². The van der Waals surface area contributed by atoms with Crippen LogP contribution in [0.3, 0.4) is 0 Å². The van der Waals surface area contributed by atoms with E-state index in [9.17, 15) is 5.11 Å². The highest BCUT2D eigenvalue weighted by molar-refractivity contribution is 5.27. The second kappa shape index (κ2) is 3.33. The predicted octanol–water partition coefficient (Wildman–Crippen LogP) is 2.66. The molecule has 15 heavy (non-hydrogen) atoms. The van der Waals surface area contributed by atoms with Crippen molar-refractivity contribution in [2.45, 2.75) is 64.8 Å². The number of hydrogen-bond acceptors (Lipinski definition) is 2. The van der Waals surface area contributed by atoms with E-state index in [4.69, 9.17) is 4.74 Å². The SMILES string of the molecule is CC1=CC[C@H](O)C(C)(C)[C@@]12CC[C@@H](C)O2. The van der Waals surface area contributed by atoms with Crippen LogP contribution in [0, 0.1) is 5.41 Å². The maximum absolute atomic E-state index is 10.1. The van der Waals surface area contributed by atoms with Gasteiger partial charge in [-0.3, -0.25) is 0 Å². The first-order valence-corrected chi connectivity index (χ1v) is 5.93. The molecule has 0 radical (unpaired) electrons. The van der Waals surface area contributed by atoms with Crippen molar-refractivity contribution < 1.29 is 9.84 Å². The van der Waals surface area contributed by atoms with E-state index < -0.39 is 0 Å². The van der Waals surface area contributed by atoms with Gasteiger partial charge in [-0.05, 0) is 38.7 Å². The lowest BCUT2D eigenvalue weighted by molar-refractivity contribution is -0.136. The molecule has 1 N–H and O–H groups in total. The normalized spacial score (nSPS) is 44.5. The molecule has 2 aliphatic rings. The van der Waals surface area contributed by atoms with Gasteiger partial charge in [-0.2, -0.15) is 0 Å². The maximum atomic E-state index is 10.1. The molecular weight excluding hydrogens is 188 g/mol. The lowest BCUT2D eigenvalue weighted by Crippen LogP contribution is -2.54. The third kappa shape index (κ3) is 1.38. The van der Waals surface area contributed by atoms with Gasteiger partial charge in [0.2, 0.25) is 0 Å². The van der Waals surface area contributed by atoms with E-state index >= 15 is 0 Å². The van der Waals surface area contributed by atoms with Crippen LogP contribution in [0.1, 0.15) is 47.0 Å². The van der Waals surface area contributed by atoms with Gasteiger partial charge in [0.1, 0.15) is 0 Å². The minimum atomic E-state index is -0.286.